The Bertz CT molecular complexity index is 286. The first-order chi connectivity index (χ1) is 6.15. The topological polar surface area (TPSA) is 38.9 Å². The fourth-order valence-corrected chi connectivity index (χ4v) is 1.83. The molecule has 13 heavy (non-hydrogen) atoms. The average molecular weight is 243 g/mol. The monoisotopic (exact) mass is 242 g/mol. The van der Waals surface area contributed by atoms with E-state index in [2.05, 4.69) is 33.9 Å². The maximum atomic E-state index is 5.98. The van der Waals surface area contributed by atoms with Crippen molar-refractivity contribution in [3.05, 3.63) is 28.0 Å². The molecule has 0 radical (unpaired) electrons. The van der Waals surface area contributed by atoms with Gasteiger partial charge in [0.1, 0.15) is 0 Å². The summed E-state index contributed by atoms with van der Waals surface area (Å²) in [5, 5.41) is 0. The average Bonchev–Trinajstić information content (AvgIpc) is 2.04. The molecule has 0 aliphatic heterocycles. The van der Waals surface area contributed by atoms with Crippen LogP contribution in [0.1, 0.15) is 37.1 Å². The molecule has 0 amide bonds. The van der Waals surface area contributed by atoms with Crippen LogP contribution in [0.15, 0.2) is 16.7 Å². The number of hydrogen-bond donors (Lipinski definition) is 1. The molecule has 2 nitrogen and oxygen atoms in total. The minimum absolute atomic E-state index is 0.0816. The Balaban J connectivity index is 2.88. The Morgan fingerprint density at radius 1 is 1.62 bits per heavy atom. The summed E-state index contributed by atoms with van der Waals surface area (Å²) in [6, 6.07) is 2.13. The Morgan fingerprint density at radius 2 is 2.31 bits per heavy atom. The van der Waals surface area contributed by atoms with Crippen LogP contribution in [0.5, 0.6) is 0 Å². The maximum Gasteiger partial charge on any atom is 0.0600 e. The number of rotatable bonds is 3. The lowest BCUT2D eigenvalue weighted by Gasteiger charge is -2.12. The van der Waals surface area contributed by atoms with Crippen molar-refractivity contribution in [2.24, 2.45) is 5.73 Å². The molecule has 0 saturated carbocycles. The molecule has 1 rings (SSSR count). The number of hydrogen-bond acceptors (Lipinski definition) is 2. The van der Waals surface area contributed by atoms with Crippen LogP contribution in [0.25, 0.3) is 0 Å². The van der Waals surface area contributed by atoms with E-state index < -0.39 is 0 Å². The van der Waals surface area contributed by atoms with Crippen molar-refractivity contribution in [3.63, 3.8) is 0 Å². The van der Waals surface area contributed by atoms with Gasteiger partial charge in [-0.25, -0.2) is 0 Å². The summed E-state index contributed by atoms with van der Waals surface area (Å²) in [5.41, 5.74) is 8.16. The van der Waals surface area contributed by atoms with Gasteiger partial charge >= 0.3 is 0 Å². The Labute approximate surface area is 87.7 Å². The van der Waals surface area contributed by atoms with E-state index in [0.717, 1.165) is 28.6 Å². The van der Waals surface area contributed by atoms with Crippen LogP contribution in [0.3, 0.4) is 0 Å². The molecule has 1 unspecified atom stereocenters. The van der Waals surface area contributed by atoms with Crippen molar-refractivity contribution >= 4 is 15.9 Å². The van der Waals surface area contributed by atoms with Gasteiger partial charge in [0.2, 0.25) is 0 Å². The van der Waals surface area contributed by atoms with Gasteiger partial charge in [0.05, 0.1) is 5.69 Å². The summed E-state index contributed by atoms with van der Waals surface area (Å²) in [7, 11) is 0. The summed E-state index contributed by atoms with van der Waals surface area (Å²) in [5.74, 6) is 0. The van der Waals surface area contributed by atoms with E-state index in [-0.39, 0.29) is 6.04 Å². The minimum Gasteiger partial charge on any atom is -0.323 e. The highest BCUT2D eigenvalue weighted by atomic mass is 79.9. The highest BCUT2D eigenvalue weighted by Crippen LogP contribution is 2.20. The van der Waals surface area contributed by atoms with Gasteiger partial charge < -0.3 is 5.73 Å². The van der Waals surface area contributed by atoms with Gasteiger partial charge in [-0.15, -0.1) is 0 Å². The minimum atomic E-state index is 0.0816. The molecule has 3 heteroatoms. The quantitative estimate of drug-likeness (QED) is 0.886. The number of nitrogens with two attached hydrogens (primary N) is 1. The standard InChI is InChI=1S/C10H15BrN2/c1-3-4-9(12)10-7(2)5-8(11)6-13-10/h5-6,9H,3-4,12H2,1-2H3. The molecule has 1 aromatic rings. The first-order valence-electron chi connectivity index (χ1n) is 4.52. The third-order valence-electron chi connectivity index (χ3n) is 2.04. The van der Waals surface area contributed by atoms with Crippen LogP contribution < -0.4 is 5.73 Å². The predicted molar refractivity (Wildman–Crippen MR) is 58.5 cm³/mol. The van der Waals surface area contributed by atoms with E-state index in [1.807, 2.05) is 6.92 Å². The summed E-state index contributed by atoms with van der Waals surface area (Å²) in [6.45, 7) is 4.18. The zero-order chi connectivity index (χ0) is 9.84. The fraction of sp³-hybridized carbons (Fsp3) is 0.500. The molecular weight excluding hydrogens is 228 g/mol. The van der Waals surface area contributed by atoms with E-state index in [0.29, 0.717) is 0 Å². The zero-order valence-corrected chi connectivity index (χ0v) is 9.63. The van der Waals surface area contributed by atoms with Crippen molar-refractivity contribution in [2.75, 3.05) is 0 Å². The lowest BCUT2D eigenvalue weighted by atomic mass is 10.1. The summed E-state index contributed by atoms with van der Waals surface area (Å²) < 4.78 is 1.01. The first-order valence-corrected chi connectivity index (χ1v) is 5.32. The van der Waals surface area contributed by atoms with Crippen LogP contribution in [-0.2, 0) is 0 Å². The lowest BCUT2D eigenvalue weighted by Crippen LogP contribution is -2.13. The van der Waals surface area contributed by atoms with Crippen molar-refractivity contribution in [2.45, 2.75) is 32.7 Å². The van der Waals surface area contributed by atoms with E-state index in [1.165, 1.54) is 0 Å². The van der Waals surface area contributed by atoms with E-state index in [4.69, 9.17) is 5.73 Å². The number of nitrogens with zero attached hydrogens (tertiary/aromatic N) is 1. The molecule has 0 bridgehead atoms. The van der Waals surface area contributed by atoms with Crippen molar-refractivity contribution < 1.29 is 0 Å². The summed E-state index contributed by atoms with van der Waals surface area (Å²) >= 11 is 3.38. The van der Waals surface area contributed by atoms with E-state index in [1.54, 1.807) is 6.20 Å². The fourth-order valence-electron chi connectivity index (χ4n) is 1.39. The number of aryl methyl sites for hydroxylation is 1. The Morgan fingerprint density at radius 3 is 2.85 bits per heavy atom. The third kappa shape index (κ3) is 2.78. The first kappa shape index (κ1) is 10.7. The van der Waals surface area contributed by atoms with Gasteiger partial charge in [0.15, 0.2) is 0 Å². The molecule has 2 N–H and O–H groups in total. The van der Waals surface area contributed by atoms with Gasteiger partial charge in [-0.3, -0.25) is 4.98 Å². The van der Waals surface area contributed by atoms with Gasteiger partial charge in [0.25, 0.3) is 0 Å². The second-order valence-corrected chi connectivity index (χ2v) is 4.17. The van der Waals surface area contributed by atoms with Gasteiger partial charge in [0, 0.05) is 16.7 Å². The molecule has 72 valence electrons. The van der Waals surface area contributed by atoms with Gasteiger partial charge in [-0.2, -0.15) is 0 Å². The number of halogens is 1. The second-order valence-electron chi connectivity index (χ2n) is 3.25. The normalized spacial score (nSPS) is 12.9. The molecule has 0 fully saturated rings. The van der Waals surface area contributed by atoms with E-state index in [9.17, 15) is 0 Å². The Kier molecular flexibility index (Phi) is 3.88. The van der Waals surface area contributed by atoms with E-state index >= 15 is 0 Å². The van der Waals surface area contributed by atoms with Crippen LogP contribution in [0.2, 0.25) is 0 Å². The molecular formula is C10H15BrN2. The highest BCUT2D eigenvalue weighted by Gasteiger charge is 2.09. The highest BCUT2D eigenvalue weighted by molar-refractivity contribution is 9.10. The van der Waals surface area contributed by atoms with Crippen LogP contribution in [0.4, 0.5) is 0 Å². The summed E-state index contributed by atoms with van der Waals surface area (Å²) in [6.07, 6.45) is 3.89. The van der Waals surface area contributed by atoms with Crippen LogP contribution in [0, 0.1) is 6.92 Å². The largest absolute Gasteiger partial charge is 0.323 e. The molecule has 0 saturated heterocycles. The SMILES string of the molecule is CCCC(N)c1ncc(Br)cc1C. The van der Waals surface area contributed by atoms with Crippen LogP contribution >= 0.6 is 15.9 Å². The number of aromatic nitrogens is 1. The maximum absolute atomic E-state index is 5.98. The van der Waals surface area contributed by atoms with Crippen molar-refractivity contribution in [3.8, 4) is 0 Å². The van der Waals surface area contributed by atoms with Gasteiger partial charge in [-0.05, 0) is 40.9 Å². The predicted octanol–water partition coefficient (Wildman–Crippen LogP) is 2.95. The number of pyridine rings is 1. The summed E-state index contributed by atoms with van der Waals surface area (Å²) in [4.78, 5) is 4.32. The van der Waals surface area contributed by atoms with Crippen molar-refractivity contribution in [1.29, 1.82) is 0 Å². The van der Waals surface area contributed by atoms with Gasteiger partial charge in [-0.1, -0.05) is 13.3 Å². The molecule has 0 aliphatic carbocycles. The molecule has 1 aromatic heterocycles. The second kappa shape index (κ2) is 4.72. The van der Waals surface area contributed by atoms with Crippen LogP contribution in [-0.4, -0.2) is 4.98 Å². The Hall–Kier alpha value is -0.410. The molecule has 0 aliphatic rings. The molecule has 0 aromatic carbocycles. The zero-order valence-electron chi connectivity index (χ0n) is 8.05. The molecule has 0 spiro atoms. The lowest BCUT2D eigenvalue weighted by molar-refractivity contribution is 0.617. The smallest absolute Gasteiger partial charge is 0.0600 e. The van der Waals surface area contributed by atoms with Crippen molar-refractivity contribution in [1.82, 2.24) is 4.98 Å². The molecule has 1 atom stereocenters. The molecule has 1 heterocycles. The third-order valence-corrected chi connectivity index (χ3v) is 2.47.